The van der Waals surface area contributed by atoms with Crippen LogP contribution in [0.4, 0.5) is 0 Å². The molecule has 1 nitrogen and oxygen atoms in total. The first-order chi connectivity index (χ1) is 5.85. The molecule has 0 aliphatic carbocycles. The molecule has 12 heavy (non-hydrogen) atoms. The number of aliphatic hydroxyl groups is 1. The van der Waals surface area contributed by atoms with Crippen molar-refractivity contribution in [2.24, 2.45) is 0 Å². The molecule has 0 aliphatic heterocycles. The highest BCUT2D eigenvalue weighted by Gasteiger charge is 1.91. The van der Waals surface area contributed by atoms with Crippen molar-refractivity contribution in [2.75, 3.05) is 6.61 Å². The maximum atomic E-state index is 8.93. The number of hydrogen-bond donors (Lipinski definition) is 1. The Morgan fingerprint density at radius 2 is 2.08 bits per heavy atom. The molecule has 0 atom stereocenters. The molecule has 0 saturated carbocycles. The second-order valence-corrected chi connectivity index (χ2v) is 3.00. The number of aliphatic hydroxyl groups excluding tert-OH is 1. The maximum absolute atomic E-state index is 8.93. The highest BCUT2D eigenvalue weighted by Crippen LogP contribution is 2.04. The Hall–Kier alpha value is -0.520. The molecule has 0 spiro atoms. The molecule has 0 saturated heterocycles. The minimum absolute atomic E-state index is 0.167. The predicted octanol–water partition coefficient (Wildman–Crippen LogP) is 3.05. The first-order valence-electron chi connectivity index (χ1n) is 4.88. The van der Waals surface area contributed by atoms with Gasteiger partial charge in [-0.1, -0.05) is 26.7 Å². The van der Waals surface area contributed by atoms with Gasteiger partial charge < -0.3 is 5.11 Å². The van der Waals surface area contributed by atoms with Gasteiger partial charge in [0, 0.05) is 0 Å². The highest BCUT2D eigenvalue weighted by molar-refractivity contribution is 5.01. The second kappa shape index (κ2) is 8.58. The average molecular weight is 168 g/mol. The summed E-state index contributed by atoms with van der Waals surface area (Å²) in [6, 6.07) is 0. The van der Waals surface area contributed by atoms with Crippen molar-refractivity contribution in [1.82, 2.24) is 0 Å². The Kier molecular flexibility index (Phi) is 8.20. The molecule has 70 valence electrons. The summed E-state index contributed by atoms with van der Waals surface area (Å²) >= 11 is 0. The fourth-order valence-electron chi connectivity index (χ4n) is 0.948. The van der Waals surface area contributed by atoms with Crippen LogP contribution in [0.2, 0.25) is 0 Å². The van der Waals surface area contributed by atoms with Gasteiger partial charge in [-0.15, -0.1) is 5.73 Å². The van der Waals surface area contributed by atoms with E-state index < -0.39 is 0 Å². The van der Waals surface area contributed by atoms with Crippen LogP contribution in [0.1, 0.15) is 46.0 Å². The van der Waals surface area contributed by atoms with Crippen LogP contribution in [0.25, 0.3) is 0 Å². The molecule has 1 N–H and O–H groups in total. The van der Waals surface area contributed by atoms with Crippen molar-refractivity contribution in [3.8, 4) is 0 Å². The van der Waals surface area contributed by atoms with Crippen LogP contribution in [-0.4, -0.2) is 11.7 Å². The van der Waals surface area contributed by atoms with Crippen molar-refractivity contribution >= 4 is 0 Å². The minimum Gasteiger partial charge on any atom is -0.391 e. The Labute approximate surface area is 75.8 Å². The third kappa shape index (κ3) is 6.21. The van der Waals surface area contributed by atoms with Crippen molar-refractivity contribution in [2.45, 2.75) is 46.0 Å². The molecule has 0 fully saturated rings. The first kappa shape index (κ1) is 11.5. The molecule has 0 radical (unpaired) electrons. The van der Waals surface area contributed by atoms with Gasteiger partial charge in [-0.25, -0.2) is 0 Å². The molecule has 0 unspecified atom stereocenters. The topological polar surface area (TPSA) is 20.2 Å². The van der Waals surface area contributed by atoms with Crippen molar-refractivity contribution in [3.05, 3.63) is 17.4 Å². The predicted molar refractivity (Wildman–Crippen MR) is 53.1 cm³/mol. The molecule has 0 amide bonds. The van der Waals surface area contributed by atoms with Crippen LogP contribution in [0, 0.1) is 0 Å². The van der Waals surface area contributed by atoms with Crippen LogP contribution < -0.4 is 0 Å². The van der Waals surface area contributed by atoms with Crippen LogP contribution in [0.15, 0.2) is 17.4 Å². The van der Waals surface area contributed by atoms with Crippen LogP contribution >= 0.6 is 0 Å². The van der Waals surface area contributed by atoms with Gasteiger partial charge in [0.25, 0.3) is 0 Å². The van der Waals surface area contributed by atoms with E-state index in [1.165, 1.54) is 6.42 Å². The third-order valence-electron chi connectivity index (χ3n) is 1.76. The van der Waals surface area contributed by atoms with E-state index in [4.69, 9.17) is 5.11 Å². The quantitative estimate of drug-likeness (QED) is 0.604. The summed E-state index contributed by atoms with van der Waals surface area (Å²) in [7, 11) is 0. The summed E-state index contributed by atoms with van der Waals surface area (Å²) in [5.41, 5.74) is 4.19. The Morgan fingerprint density at radius 3 is 2.58 bits per heavy atom. The molecule has 0 aromatic heterocycles. The van der Waals surface area contributed by atoms with E-state index in [-0.39, 0.29) is 6.61 Å². The smallest absolute Gasteiger partial charge is 0.0715 e. The van der Waals surface area contributed by atoms with Crippen LogP contribution in [0.5, 0.6) is 0 Å². The third-order valence-corrected chi connectivity index (χ3v) is 1.76. The van der Waals surface area contributed by atoms with Gasteiger partial charge in [0.05, 0.1) is 6.61 Å². The van der Waals surface area contributed by atoms with Gasteiger partial charge in [0.2, 0.25) is 0 Å². The number of unbranched alkanes of at least 4 members (excludes halogenated alkanes) is 2. The van der Waals surface area contributed by atoms with Gasteiger partial charge in [-0.05, 0) is 30.9 Å². The summed E-state index contributed by atoms with van der Waals surface area (Å²) in [4.78, 5) is 0. The Morgan fingerprint density at radius 1 is 1.33 bits per heavy atom. The molecule has 0 aliphatic rings. The standard InChI is InChI=1S/C11H20O/c1-3-5-7-9-11(10-12)8-6-4-2/h7,12H,3-6,8,10H2,1-2H3. The van der Waals surface area contributed by atoms with Crippen molar-refractivity contribution < 1.29 is 5.11 Å². The maximum Gasteiger partial charge on any atom is 0.0715 e. The molecule has 0 aromatic rings. The Bertz CT molecular complexity index is 152. The molecule has 0 aromatic carbocycles. The van der Waals surface area contributed by atoms with E-state index in [0.29, 0.717) is 0 Å². The molecule has 0 heterocycles. The zero-order chi connectivity index (χ0) is 9.23. The fourth-order valence-corrected chi connectivity index (χ4v) is 0.948. The lowest BCUT2D eigenvalue weighted by molar-refractivity contribution is 0.326. The largest absolute Gasteiger partial charge is 0.391 e. The van der Waals surface area contributed by atoms with Gasteiger partial charge in [0.15, 0.2) is 0 Å². The lowest BCUT2D eigenvalue weighted by Gasteiger charge is -1.97. The van der Waals surface area contributed by atoms with Gasteiger partial charge in [-0.3, -0.25) is 0 Å². The lowest BCUT2D eigenvalue weighted by Crippen LogP contribution is -1.88. The van der Waals surface area contributed by atoms with Gasteiger partial charge in [-0.2, -0.15) is 0 Å². The monoisotopic (exact) mass is 168 g/mol. The summed E-state index contributed by atoms with van der Waals surface area (Å²) in [5.74, 6) is 0. The van der Waals surface area contributed by atoms with E-state index in [9.17, 15) is 0 Å². The average Bonchev–Trinajstić information content (AvgIpc) is 2.11. The first-order valence-corrected chi connectivity index (χ1v) is 4.88. The number of hydrogen-bond acceptors (Lipinski definition) is 1. The van der Waals surface area contributed by atoms with Crippen molar-refractivity contribution in [3.63, 3.8) is 0 Å². The number of rotatable bonds is 6. The zero-order valence-corrected chi connectivity index (χ0v) is 8.27. The molecule has 1 heteroatoms. The van der Waals surface area contributed by atoms with E-state index >= 15 is 0 Å². The summed E-state index contributed by atoms with van der Waals surface area (Å²) < 4.78 is 0. The van der Waals surface area contributed by atoms with E-state index in [2.05, 4.69) is 19.6 Å². The van der Waals surface area contributed by atoms with E-state index in [0.717, 1.165) is 31.3 Å². The summed E-state index contributed by atoms with van der Waals surface area (Å²) in [6.07, 6.45) is 7.57. The molecule has 0 rings (SSSR count). The van der Waals surface area contributed by atoms with Gasteiger partial charge >= 0.3 is 0 Å². The van der Waals surface area contributed by atoms with E-state index in [1.807, 2.05) is 6.08 Å². The van der Waals surface area contributed by atoms with Crippen LogP contribution in [-0.2, 0) is 0 Å². The molecule has 0 bridgehead atoms. The minimum atomic E-state index is 0.167. The van der Waals surface area contributed by atoms with Crippen LogP contribution in [0.3, 0.4) is 0 Å². The summed E-state index contributed by atoms with van der Waals surface area (Å²) in [6.45, 7) is 4.47. The SMILES string of the molecule is CCCC=C=C(CO)CCCC. The molecular formula is C11H20O. The lowest BCUT2D eigenvalue weighted by atomic mass is 10.1. The zero-order valence-electron chi connectivity index (χ0n) is 8.27. The van der Waals surface area contributed by atoms with E-state index in [1.54, 1.807) is 0 Å². The van der Waals surface area contributed by atoms with Crippen molar-refractivity contribution in [1.29, 1.82) is 0 Å². The fraction of sp³-hybridized carbons (Fsp3) is 0.727. The summed E-state index contributed by atoms with van der Waals surface area (Å²) in [5, 5.41) is 8.93. The Balaban J connectivity index is 3.85. The highest BCUT2D eigenvalue weighted by atomic mass is 16.3. The second-order valence-electron chi connectivity index (χ2n) is 3.00. The molecular weight excluding hydrogens is 148 g/mol. The normalized spacial score (nSPS) is 9.25. The van der Waals surface area contributed by atoms with Gasteiger partial charge in [0.1, 0.15) is 0 Å².